The molecule has 0 heterocycles. The van der Waals surface area contributed by atoms with Crippen LogP contribution in [0.4, 0.5) is 0 Å². The number of fused-ring (bicyclic) bond motifs is 1. The standard InChI is InChI=1S/C22H32O2/c1-21(2,3)24-20(23)19(14-13-17-10-6-4-7-11-17)22-15-9-5-8-12-18(22)16-22/h4,6-7,10-11,18-19H,5,8-9,12-16H2,1-3H3/t18-,19+,22-/m1/s1. The molecule has 2 fully saturated rings. The largest absolute Gasteiger partial charge is 0.460 e. The maximum absolute atomic E-state index is 13.0. The summed E-state index contributed by atoms with van der Waals surface area (Å²) < 4.78 is 5.84. The molecule has 0 spiro atoms. The van der Waals surface area contributed by atoms with Gasteiger partial charge in [-0.1, -0.05) is 49.6 Å². The first-order chi connectivity index (χ1) is 11.4. The van der Waals surface area contributed by atoms with Crippen LogP contribution in [-0.2, 0) is 16.0 Å². The molecular formula is C22H32O2. The number of hydrogen-bond donors (Lipinski definition) is 0. The van der Waals surface area contributed by atoms with E-state index >= 15 is 0 Å². The lowest BCUT2D eigenvalue weighted by Crippen LogP contribution is -2.34. The Balaban J connectivity index is 1.75. The van der Waals surface area contributed by atoms with Gasteiger partial charge in [-0.25, -0.2) is 0 Å². The highest BCUT2D eigenvalue weighted by Crippen LogP contribution is 2.65. The second-order valence-electron chi connectivity index (χ2n) is 8.84. The van der Waals surface area contributed by atoms with Gasteiger partial charge in [-0.3, -0.25) is 4.79 Å². The predicted octanol–water partition coefficient (Wildman–Crippen LogP) is 5.55. The molecule has 132 valence electrons. The molecule has 2 nitrogen and oxygen atoms in total. The van der Waals surface area contributed by atoms with Crippen LogP contribution in [0.15, 0.2) is 30.3 Å². The van der Waals surface area contributed by atoms with Crippen molar-refractivity contribution >= 4 is 5.97 Å². The van der Waals surface area contributed by atoms with Crippen molar-refractivity contribution in [2.45, 2.75) is 77.7 Å². The Bertz CT molecular complexity index is 557. The molecule has 0 aromatic heterocycles. The van der Waals surface area contributed by atoms with Gasteiger partial charge in [-0.05, 0) is 69.8 Å². The highest BCUT2D eigenvalue weighted by atomic mass is 16.6. The fraction of sp³-hybridized carbons (Fsp3) is 0.682. The molecule has 0 bridgehead atoms. The van der Waals surface area contributed by atoms with E-state index in [0.717, 1.165) is 18.8 Å². The summed E-state index contributed by atoms with van der Waals surface area (Å²) in [5.74, 6) is 0.871. The van der Waals surface area contributed by atoms with Crippen molar-refractivity contribution in [1.29, 1.82) is 0 Å². The van der Waals surface area contributed by atoms with Crippen LogP contribution in [0.2, 0.25) is 0 Å². The van der Waals surface area contributed by atoms with E-state index in [1.807, 2.05) is 20.8 Å². The predicted molar refractivity (Wildman–Crippen MR) is 97.7 cm³/mol. The van der Waals surface area contributed by atoms with Gasteiger partial charge in [0, 0.05) is 0 Å². The molecule has 0 amide bonds. The number of esters is 1. The maximum Gasteiger partial charge on any atom is 0.310 e. The molecule has 0 radical (unpaired) electrons. The maximum atomic E-state index is 13.0. The molecule has 2 heteroatoms. The van der Waals surface area contributed by atoms with Crippen LogP contribution in [0.25, 0.3) is 0 Å². The first-order valence-electron chi connectivity index (χ1n) is 9.67. The average molecular weight is 328 g/mol. The topological polar surface area (TPSA) is 26.3 Å². The van der Waals surface area contributed by atoms with Gasteiger partial charge in [-0.2, -0.15) is 0 Å². The van der Waals surface area contributed by atoms with Gasteiger partial charge in [0.05, 0.1) is 5.92 Å². The second kappa shape index (κ2) is 6.90. The molecule has 0 unspecified atom stereocenters. The number of carbonyl (C=O) groups is 1. The normalized spacial score (nSPS) is 27.7. The van der Waals surface area contributed by atoms with Crippen LogP contribution < -0.4 is 0 Å². The number of benzene rings is 1. The highest BCUT2D eigenvalue weighted by Gasteiger charge is 2.60. The molecule has 3 atom stereocenters. The first-order valence-corrected chi connectivity index (χ1v) is 9.67. The Morgan fingerprint density at radius 1 is 1.21 bits per heavy atom. The lowest BCUT2D eigenvalue weighted by atomic mass is 9.79. The molecular weight excluding hydrogens is 296 g/mol. The number of ether oxygens (including phenoxy) is 1. The van der Waals surface area contributed by atoms with Crippen LogP contribution in [-0.4, -0.2) is 11.6 Å². The summed E-state index contributed by atoms with van der Waals surface area (Å²) >= 11 is 0. The van der Waals surface area contributed by atoms with E-state index in [4.69, 9.17) is 4.74 Å². The summed E-state index contributed by atoms with van der Waals surface area (Å²) in [6.07, 6.45) is 9.62. The lowest BCUT2D eigenvalue weighted by Gasteiger charge is -2.30. The molecule has 2 aliphatic carbocycles. The molecule has 3 rings (SSSR count). The Morgan fingerprint density at radius 2 is 1.96 bits per heavy atom. The fourth-order valence-corrected chi connectivity index (χ4v) is 4.69. The minimum atomic E-state index is -0.395. The van der Waals surface area contributed by atoms with Gasteiger partial charge in [0.2, 0.25) is 0 Å². The van der Waals surface area contributed by atoms with E-state index in [1.54, 1.807) is 0 Å². The molecule has 0 saturated heterocycles. The van der Waals surface area contributed by atoms with E-state index in [-0.39, 0.29) is 17.3 Å². The van der Waals surface area contributed by atoms with Crippen LogP contribution in [0.3, 0.4) is 0 Å². The van der Waals surface area contributed by atoms with E-state index in [1.165, 1.54) is 44.1 Å². The van der Waals surface area contributed by atoms with Crippen molar-refractivity contribution in [3.8, 4) is 0 Å². The summed E-state index contributed by atoms with van der Waals surface area (Å²) in [6.45, 7) is 5.94. The van der Waals surface area contributed by atoms with Crippen molar-refractivity contribution in [2.24, 2.45) is 17.3 Å². The number of hydrogen-bond acceptors (Lipinski definition) is 2. The zero-order valence-corrected chi connectivity index (χ0v) is 15.5. The summed E-state index contributed by atoms with van der Waals surface area (Å²) in [4.78, 5) is 13.0. The third-order valence-corrected chi connectivity index (χ3v) is 5.92. The molecule has 0 N–H and O–H groups in total. The number of aryl methyl sites for hydroxylation is 1. The van der Waals surface area contributed by atoms with E-state index < -0.39 is 5.60 Å². The van der Waals surface area contributed by atoms with Gasteiger partial charge in [0.15, 0.2) is 0 Å². The average Bonchev–Trinajstić information content (AvgIpc) is 3.21. The first kappa shape index (κ1) is 17.5. The van der Waals surface area contributed by atoms with Gasteiger partial charge in [-0.15, -0.1) is 0 Å². The third kappa shape index (κ3) is 4.02. The van der Waals surface area contributed by atoms with Gasteiger partial charge < -0.3 is 4.74 Å². The van der Waals surface area contributed by atoms with E-state index in [2.05, 4.69) is 30.3 Å². The summed E-state index contributed by atoms with van der Waals surface area (Å²) in [5, 5.41) is 0. The van der Waals surface area contributed by atoms with Gasteiger partial charge >= 0.3 is 5.97 Å². The van der Waals surface area contributed by atoms with Crippen molar-refractivity contribution < 1.29 is 9.53 Å². The molecule has 1 aromatic carbocycles. The SMILES string of the molecule is CC(C)(C)OC(=O)[C@H](CCc1ccccc1)[C@@]12CCCCC[C@@H]1C2. The quantitative estimate of drug-likeness (QED) is 0.663. The number of rotatable bonds is 5. The van der Waals surface area contributed by atoms with E-state index in [9.17, 15) is 4.79 Å². The minimum Gasteiger partial charge on any atom is -0.460 e. The lowest BCUT2D eigenvalue weighted by molar-refractivity contribution is -0.163. The third-order valence-electron chi connectivity index (χ3n) is 5.92. The smallest absolute Gasteiger partial charge is 0.310 e. The summed E-state index contributed by atoms with van der Waals surface area (Å²) in [7, 11) is 0. The Kier molecular flexibility index (Phi) is 5.03. The van der Waals surface area contributed by atoms with Crippen molar-refractivity contribution in [2.75, 3.05) is 0 Å². The Labute approximate surface area is 147 Å². The van der Waals surface area contributed by atoms with Gasteiger partial charge in [0.25, 0.3) is 0 Å². The summed E-state index contributed by atoms with van der Waals surface area (Å²) in [6, 6.07) is 10.6. The molecule has 2 saturated carbocycles. The molecule has 24 heavy (non-hydrogen) atoms. The zero-order chi connectivity index (χ0) is 17.2. The molecule has 1 aromatic rings. The fourth-order valence-electron chi connectivity index (χ4n) is 4.69. The minimum absolute atomic E-state index is 0.0443. The zero-order valence-electron chi connectivity index (χ0n) is 15.5. The van der Waals surface area contributed by atoms with Crippen molar-refractivity contribution in [3.63, 3.8) is 0 Å². The van der Waals surface area contributed by atoms with Crippen LogP contribution in [0, 0.1) is 17.3 Å². The van der Waals surface area contributed by atoms with Crippen LogP contribution in [0.5, 0.6) is 0 Å². The number of carbonyl (C=O) groups excluding carboxylic acids is 1. The Morgan fingerprint density at radius 3 is 2.67 bits per heavy atom. The van der Waals surface area contributed by atoms with Gasteiger partial charge in [0.1, 0.15) is 5.60 Å². The Hall–Kier alpha value is -1.31. The van der Waals surface area contributed by atoms with Crippen molar-refractivity contribution in [3.05, 3.63) is 35.9 Å². The van der Waals surface area contributed by atoms with E-state index in [0.29, 0.717) is 0 Å². The van der Waals surface area contributed by atoms with Crippen molar-refractivity contribution in [1.82, 2.24) is 0 Å². The molecule has 2 aliphatic rings. The summed E-state index contributed by atoms with van der Waals surface area (Å²) in [5.41, 5.74) is 1.18. The monoisotopic (exact) mass is 328 g/mol. The van der Waals surface area contributed by atoms with Crippen LogP contribution in [0.1, 0.15) is 71.3 Å². The highest BCUT2D eigenvalue weighted by molar-refractivity contribution is 5.74. The molecule has 0 aliphatic heterocycles. The van der Waals surface area contributed by atoms with Crippen LogP contribution >= 0.6 is 0 Å². The second-order valence-corrected chi connectivity index (χ2v) is 8.84.